The van der Waals surface area contributed by atoms with Crippen LogP contribution in [0.4, 0.5) is 0 Å². The Morgan fingerprint density at radius 3 is 2.44 bits per heavy atom. The summed E-state index contributed by atoms with van der Waals surface area (Å²) >= 11 is 3.48. The Hall–Kier alpha value is -0.340. The lowest BCUT2D eigenvalue weighted by Gasteiger charge is -2.22. The van der Waals surface area contributed by atoms with Crippen molar-refractivity contribution in [3.8, 4) is 0 Å². The number of hydrogen-bond acceptors (Lipinski definition) is 1. The Morgan fingerprint density at radius 1 is 1.31 bits per heavy atom. The number of nitrogens with two attached hydrogens (primary N) is 1. The van der Waals surface area contributed by atoms with Gasteiger partial charge in [0.25, 0.3) is 0 Å². The van der Waals surface area contributed by atoms with Crippen LogP contribution in [0.15, 0.2) is 22.7 Å². The Morgan fingerprint density at radius 2 is 1.94 bits per heavy atom. The first-order valence-corrected chi connectivity index (χ1v) is 6.60. The quantitative estimate of drug-likeness (QED) is 0.863. The van der Waals surface area contributed by atoms with Crippen molar-refractivity contribution in [2.75, 3.05) is 0 Å². The maximum atomic E-state index is 6.24. The zero-order chi connectivity index (χ0) is 12.3. The van der Waals surface area contributed by atoms with Gasteiger partial charge in [-0.25, -0.2) is 0 Å². The molecule has 0 spiro atoms. The molecule has 1 atom stereocenters. The highest BCUT2D eigenvalue weighted by molar-refractivity contribution is 9.10. The third-order valence-electron chi connectivity index (χ3n) is 2.84. The zero-order valence-electron chi connectivity index (χ0n) is 10.7. The maximum absolute atomic E-state index is 6.24. The monoisotopic (exact) mass is 283 g/mol. The normalized spacial score (nSPS) is 13.9. The van der Waals surface area contributed by atoms with Crippen molar-refractivity contribution in [1.82, 2.24) is 0 Å². The maximum Gasteiger partial charge on any atom is 0.0297 e. The molecule has 1 aromatic carbocycles. The predicted molar refractivity (Wildman–Crippen MR) is 74.5 cm³/mol. The summed E-state index contributed by atoms with van der Waals surface area (Å²) in [6.07, 6.45) is 2.20. The average Bonchev–Trinajstić information content (AvgIpc) is 2.13. The van der Waals surface area contributed by atoms with E-state index in [1.807, 2.05) is 0 Å². The van der Waals surface area contributed by atoms with Gasteiger partial charge in [-0.3, -0.25) is 0 Å². The second kappa shape index (κ2) is 5.33. The van der Waals surface area contributed by atoms with Gasteiger partial charge in [0.15, 0.2) is 0 Å². The van der Waals surface area contributed by atoms with Crippen LogP contribution in [0, 0.1) is 12.3 Å². The van der Waals surface area contributed by atoms with Crippen molar-refractivity contribution in [1.29, 1.82) is 0 Å². The summed E-state index contributed by atoms with van der Waals surface area (Å²) in [6, 6.07) is 6.49. The molecule has 0 heterocycles. The Labute approximate surface area is 108 Å². The smallest absolute Gasteiger partial charge is 0.0297 e. The molecule has 90 valence electrons. The first kappa shape index (κ1) is 13.7. The van der Waals surface area contributed by atoms with E-state index in [1.165, 1.54) is 11.1 Å². The topological polar surface area (TPSA) is 26.0 Å². The van der Waals surface area contributed by atoms with E-state index in [9.17, 15) is 0 Å². The fourth-order valence-electron chi connectivity index (χ4n) is 1.80. The molecule has 2 heteroatoms. The van der Waals surface area contributed by atoms with Crippen LogP contribution >= 0.6 is 15.9 Å². The fourth-order valence-corrected chi connectivity index (χ4v) is 2.27. The summed E-state index contributed by atoms with van der Waals surface area (Å²) in [4.78, 5) is 0. The van der Waals surface area contributed by atoms with Crippen molar-refractivity contribution < 1.29 is 0 Å². The largest absolute Gasteiger partial charge is 0.324 e. The number of hydrogen-bond donors (Lipinski definition) is 1. The molecule has 0 bridgehead atoms. The molecule has 1 aromatic rings. The van der Waals surface area contributed by atoms with Gasteiger partial charge in [0.2, 0.25) is 0 Å². The second-order valence-corrected chi connectivity index (χ2v) is 6.62. The molecular weight excluding hydrogens is 262 g/mol. The van der Waals surface area contributed by atoms with Gasteiger partial charge in [-0.05, 0) is 48.4 Å². The zero-order valence-corrected chi connectivity index (χ0v) is 12.3. The van der Waals surface area contributed by atoms with E-state index in [0.717, 1.165) is 17.3 Å². The summed E-state index contributed by atoms with van der Waals surface area (Å²) in [5.74, 6) is 0. The van der Waals surface area contributed by atoms with Crippen LogP contribution in [0.1, 0.15) is 50.8 Å². The van der Waals surface area contributed by atoms with Crippen molar-refractivity contribution in [3.05, 3.63) is 33.8 Å². The minimum atomic E-state index is 0.160. The highest BCUT2D eigenvalue weighted by Gasteiger charge is 2.15. The van der Waals surface area contributed by atoms with E-state index in [-0.39, 0.29) is 6.04 Å². The van der Waals surface area contributed by atoms with Crippen molar-refractivity contribution >= 4 is 15.9 Å². The van der Waals surface area contributed by atoms with E-state index in [1.54, 1.807) is 0 Å². The van der Waals surface area contributed by atoms with Crippen LogP contribution in [-0.4, -0.2) is 0 Å². The first-order chi connectivity index (χ1) is 7.29. The van der Waals surface area contributed by atoms with Crippen molar-refractivity contribution in [2.24, 2.45) is 11.1 Å². The lowest BCUT2D eigenvalue weighted by atomic mass is 9.87. The SMILES string of the molecule is Cc1cc(Br)ccc1C(N)CCC(C)(C)C. The average molecular weight is 284 g/mol. The third kappa shape index (κ3) is 4.26. The molecule has 0 fully saturated rings. The molecule has 0 amide bonds. The Bertz CT molecular complexity index is 352. The lowest BCUT2D eigenvalue weighted by molar-refractivity contribution is 0.349. The second-order valence-electron chi connectivity index (χ2n) is 5.71. The van der Waals surface area contributed by atoms with Crippen LogP contribution in [0.2, 0.25) is 0 Å². The molecule has 0 saturated carbocycles. The number of rotatable bonds is 3. The van der Waals surface area contributed by atoms with Crippen LogP contribution in [0.3, 0.4) is 0 Å². The minimum absolute atomic E-state index is 0.160. The molecule has 0 aliphatic carbocycles. The molecule has 2 N–H and O–H groups in total. The molecular formula is C14H22BrN. The van der Waals surface area contributed by atoms with Gasteiger partial charge in [0.05, 0.1) is 0 Å². The molecule has 16 heavy (non-hydrogen) atoms. The summed E-state index contributed by atoms with van der Waals surface area (Å²) < 4.78 is 1.12. The highest BCUT2D eigenvalue weighted by Crippen LogP contribution is 2.28. The molecule has 0 aliphatic rings. The van der Waals surface area contributed by atoms with Gasteiger partial charge >= 0.3 is 0 Å². The van der Waals surface area contributed by atoms with Gasteiger partial charge in [-0.15, -0.1) is 0 Å². The Balaban J connectivity index is 2.70. The number of benzene rings is 1. The van der Waals surface area contributed by atoms with Gasteiger partial charge < -0.3 is 5.73 Å². The predicted octanol–water partition coefficient (Wildman–Crippen LogP) is 4.58. The van der Waals surface area contributed by atoms with Crippen molar-refractivity contribution in [3.63, 3.8) is 0 Å². The van der Waals surface area contributed by atoms with Gasteiger partial charge in [-0.2, -0.15) is 0 Å². The highest BCUT2D eigenvalue weighted by atomic mass is 79.9. The molecule has 0 saturated heterocycles. The number of aryl methyl sites for hydroxylation is 1. The number of halogens is 1. The van der Waals surface area contributed by atoms with Crippen LogP contribution in [0.25, 0.3) is 0 Å². The Kier molecular flexibility index (Phi) is 4.57. The van der Waals surface area contributed by atoms with E-state index in [4.69, 9.17) is 5.73 Å². The van der Waals surface area contributed by atoms with E-state index in [2.05, 4.69) is 61.8 Å². The first-order valence-electron chi connectivity index (χ1n) is 5.81. The van der Waals surface area contributed by atoms with E-state index >= 15 is 0 Å². The van der Waals surface area contributed by atoms with Crippen LogP contribution < -0.4 is 5.73 Å². The minimum Gasteiger partial charge on any atom is -0.324 e. The molecule has 0 aromatic heterocycles. The molecule has 1 unspecified atom stereocenters. The standard InChI is InChI=1S/C14H22BrN/c1-10-9-11(15)5-6-12(10)13(16)7-8-14(2,3)4/h5-6,9,13H,7-8,16H2,1-4H3. The summed E-state index contributed by atoms with van der Waals surface area (Å²) in [6.45, 7) is 8.90. The summed E-state index contributed by atoms with van der Waals surface area (Å²) in [5, 5.41) is 0. The van der Waals surface area contributed by atoms with Gasteiger partial charge in [0.1, 0.15) is 0 Å². The van der Waals surface area contributed by atoms with Crippen LogP contribution in [0.5, 0.6) is 0 Å². The van der Waals surface area contributed by atoms with E-state index in [0.29, 0.717) is 5.41 Å². The van der Waals surface area contributed by atoms with Crippen LogP contribution in [-0.2, 0) is 0 Å². The molecule has 0 aliphatic heterocycles. The third-order valence-corrected chi connectivity index (χ3v) is 3.33. The molecule has 1 nitrogen and oxygen atoms in total. The molecule has 1 rings (SSSR count). The van der Waals surface area contributed by atoms with Gasteiger partial charge in [0, 0.05) is 10.5 Å². The lowest BCUT2D eigenvalue weighted by Crippen LogP contribution is -2.15. The summed E-state index contributed by atoms with van der Waals surface area (Å²) in [7, 11) is 0. The summed E-state index contributed by atoms with van der Waals surface area (Å²) in [5.41, 5.74) is 9.14. The van der Waals surface area contributed by atoms with Gasteiger partial charge in [-0.1, -0.05) is 42.8 Å². The van der Waals surface area contributed by atoms with Crippen molar-refractivity contribution in [2.45, 2.75) is 46.6 Å². The fraction of sp³-hybridized carbons (Fsp3) is 0.571. The molecule has 0 radical (unpaired) electrons. The van der Waals surface area contributed by atoms with E-state index < -0.39 is 0 Å².